The van der Waals surface area contributed by atoms with Crippen molar-refractivity contribution in [1.29, 1.82) is 0 Å². The third kappa shape index (κ3) is 5.66. The standard InChI is InChI=1S/C18H21ClFN3O3S/c1-22(2)27(25,26)23(17-6-4-3-5-16(17)20)13-18(24)21-12-11-14-7-9-15(19)10-8-14/h3-10H,11-13H2,1-2H3,(H,21,24). The molecule has 0 unspecified atom stereocenters. The van der Waals surface area contributed by atoms with Crippen molar-refractivity contribution in [2.75, 3.05) is 31.5 Å². The van der Waals surface area contributed by atoms with Crippen molar-refractivity contribution < 1.29 is 17.6 Å². The van der Waals surface area contributed by atoms with E-state index in [1.807, 2.05) is 12.1 Å². The van der Waals surface area contributed by atoms with Crippen LogP contribution in [0.25, 0.3) is 0 Å². The first-order chi connectivity index (χ1) is 12.7. The molecule has 9 heteroatoms. The van der Waals surface area contributed by atoms with Crippen molar-refractivity contribution in [3.8, 4) is 0 Å². The Labute approximate surface area is 163 Å². The monoisotopic (exact) mass is 413 g/mol. The Hall–Kier alpha value is -2.16. The molecule has 2 rings (SSSR count). The molecule has 0 aliphatic heterocycles. The molecule has 0 aliphatic rings. The maximum Gasteiger partial charge on any atom is 0.304 e. The fourth-order valence-corrected chi connectivity index (χ4v) is 3.52. The highest BCUT2D eigenvalue weighted by atomic mass is 35.5. The van der Waals surface area contributed by atoms with E-state index in [1.165, 1.54) is 32.3 Å². The second-order valence-electron chi connectivity index (χ2n) is 5.97. The summed E-state index contributed by atoms with van der Waals surface area (Å²) in [4.78, 5) is 12.3. The maximum absolute atomic E-state index is 14.1. The van der Waals surface area contributed by atoms with E-state index in [-0.39, 0.29) is 5.69 Å². The zero-order valence-electron chi connectivity index (χ0n) is 15.0. The Morgan fingerprint density at radius 1 is 1.11 bits per heavy atom. The van der Waals surface area contributed by atoms with Crippen molar-refractivity contribution in [1.82, 2.24) is 9.62 Å². The molecule has 0 radical (unpaired) electrons. The minimum absolute atomic E-state index is 0.181. The Bertz CT molecular complexity index is 889. The van der Waals surface area contributed by atoms with Gasteiger partial charge in [-0.25, -0.2) is 8.70 Å². The highest BCUT2D eigenvalue weighted by Crippen LogP contribution is 2.22. The molecule has 0 fully saturated rings. The molecule has 0 heterocycles. The van der Waals surface area contributed by atoms with E-state index in [9.17, 15) is 17.6 Å². The molecule has 0 aliphatic carbocycles. The average Bonchev–Trinajstić information content (AvgIpc) is 2.62. The molecule has 0 saturated carbocycles. The van der Waals surface area contributed by atoms with Gasteiger partial charge < -0.3 is 5.32 Å². The van der Waals surface area contributed by atoms with Crippen LogP contribution in [0.1, 0.15) is 5.56 Å². The van der Waals surface area contributed by atoms with Crippen molar-refractivity contribution >= 4 is 33.4 Å². The third-order valence-electron chi connectivity index (χ3n) is 3.80. The summed E-state index contributed by atoms with van der Waals surface area (Å²) >= 11 is 5.83. The summed E-state index contributed by atoms with van der Waals surface area (Å²) in [5, 5.41) is 3.28. The smallest absolute Gasteiger partial charge is 0.304 e. The van der Waals surface area contributed by atoms with Crippen molar-refractivity contribution in [3.63, 3.8) is 0 Å². The summed E-state index contributed by atoms with van der Waals surface area (Å²) in [5.41, 5.74) is 0.797. The van der Waals surface area contributed by atoms with Gasteiger partial charge in [0.2, 0.25) is 5.91 Å². The largest absolute Gasteiger partial charge is 0.354 e. The topological polar surface area (TPSA) is 69.7 Å². The second kappa shape index (κ2) is 9.16. The molecule has 0 spiro atoms. The van der Waals surface area contributed by atoms with E-state index in [4.69, 9.17) is 11.6 Å². The molecule has 6 nitrogen and oxygen atoms in total. The lowest BCUT2D eigenvalue weighted by atomic mass is 10.1. The molecule has 0 aromatic heterocycles. The number of para-hydroxylation sites is 1. The Balaban J connectivity index is 2.07. The number of carbonyl (C=O) groups excluding carboxylic acids is 1. The highest BCUT2D eigenvalue weighted by Gasteiger charge is 2.29. The first-order valence-electron chi connectivity index (χ1n) is 8.17. The van der Waals surface area contributed by atoms with Gasteiger partial charge in [0.1, 0.15) is 12.4 Å². The van der Waals surface area contributed by atoms with Crippen LogP contribution in [0.2, 0.25) is 5.02 Å². The highest BCUT2D eigenvalue weighted by molar-refractivity contribution is 7.90. The van der Waals surface area contributed by atoms with Gasteiger partial charge in [-0.1, -0.05) is 35.9 Å². The summed E-state index contributed by atoms with van der Waals surface area (Å²) in [6.45, 7) is -0.213. The number of nitrogens with zero attached hydrogens (tertiary/aromatic N) is 2. The van der Waals surface area contributed by atoms with Gasteiger partial charge in [0.05, 0.1) is 5.69 Å². The molecule has 0 bridgehead atoms. The number of hydrogen-bond acceptors (Lipinski definition) is 3. The first-order valence-corrected chi connectivity index (χ1v) is 9.95. The number of hydrogen-bond donors (Lipinski definition) is 1. The molecular weight excluding hydrogens is 393 g/mol. The van der Waals surface area contributed by atoms with Gasteiger partial charge in [0.15, 0.2) is 0 Å². The van der Waals surface area contributed by atoms with Gasteiger partial charge in [-0.3, -0.25) is 4.79 Å². The lowest BCUT2D eigenvalue weighted by molar-refractivity contribution is -0.119. The molecule has 1 N–H and O–H groups in total. The molecule has 0 atom stereocenters. The summed E-state index contributed by atoms with van der Waals surface area (Å²) in [7, 11) is -1.40. The van der Waals surface area contributed by atoms with Gasteiger partial charge >= 0.3 is 10.2 Å². The minimum Gasteiger partial charge on any atom is -0.354 e. The van der Waals surface area contributed by atoms with Crippen LogP contribution >= 0.6 is 11.6 Å². The van der Waals surface area contributed by atoms with E-state index in [2.05, 4.69) is 5.32 Å². The predicted molar refractivity (Wildman–Crippen MR) is 105 cm³/mol. The molecule has 0 saturated heterocycles. The Kier molecular flexibility index (Phi) is 7.18. The summed E-state index contributed by atoms with van der Waals surface area (Å²) in [6.07, 6.45) is 0.559. The van der Waals surface area contributed by atoms with Crippen LogP contribution in [-0.2, 0) is 21.4 Å². The lowest BCUT2D eigenvalue weighted by Gasteiger charge is -2.27. The maximum atomic E-state index is 14.1. The first kappa shape index (κ1) is 21.1. The lowest BCUT2D eigenvalue weighted by Crippen LogP contribution is -2.46. The second-order valence-corrected chi connectivity index (χ2v) is 8.48. The van der Waals surface area contributed by atoms with Crippen LogP contribution in [0.4, 0.5) is 10.1 Å². The average molecular weight is 414 g/mol. The number of halogens is 2. The van der Waals surface area contributed by atoms with Gasteiger partial charge in [-0.15, -0.1) is 0 Å². The number of anilines is 1. The molecule has 2 aromatic carbocycles. The van der Waals surface area contributed by atoms with Crippen molar-refractivity contribution in [2.45, 2.75) is 6.42 Å². The van der Waals surface area contributed by atoms with Gasteiger partial charge in [-0.05, 0) is 36.2 Å². The zero-order valence-corrected chi connectivity index (χ0v) is 16.6. The van der Waals surface area contributed by atoms with E-state index in [0.717, 1.165) is 20.2 Å². The fourth-order valence-electron chi connectivity index (χ4n) is 2.33. The number of carbonyl (C=O) groups is 1. The molecule has 27 heavy (non-hydrogen) atoms. The van der Waals surface area contributed by atoms with Crippen LogP contribution in [0.15, 0.2) is 48.5 Å². The van der Waals surface area contributed by atoms with Crippen LogP contribution in [0.3, 0.4) is 0 Å². The molecule has 2 aromatic rings. The van der Waals surface area contributed by atoms with Gasteiger partial charge in [-0.2, -0.15) is 12.7 Å². The molecular formula is C18H21ClFN3O3S. The number of benzene rings is 2. The zero-order chi connectivity index (χ0) is 20.0. The van der Waals surface area contributed by atoms with Crippen molar-refractivity contribution in [2.24, 2.45) is 0 Å². The molecule has 1 amide bonds. The summed E-state index contributed by atoms with van der Waals surface area (Å²) < 4.78 is 40.9. The summed E-state index contributed by atoms with van der Waals surface area (Å²) in [6, 6.07) is 12.6. The van der Waals surface area contributed by atoms with E-state index in [0.29, 0.717) is 18.0 Å². The van der Waals surface area contributed by atoms with E-state index in [1.54, 1.807) is 12.1 Å². The van der Waals surface area contributed by atoms with E-state index < -0.39 is 28.5 Å². The number of amides is 1. The van der Waals surface area contributed by atoms with E-state index >= 15 is 0 Å². The number of rotatable bonds is 8. The van der Waals surface area contributed by atoms with Crippen LogP contribution in [0.5, 0.6) is 0 Å². The van der Waals surface area contributed by atoms with Crippen molar-refractivity contribution in [3.05, 3.63) is 64.9 Å². The minimum atomic E-state index is -4.04. The third-order valence-corrected chi connectivity index (χ3v) is 5.86. The Morgan fingerprint density at radius 3 is 2.33 bits per heavy atom. The normalized spacial score (nSPS) is 11.4. The fraction of sp³-hybridized carbons (Fsp3) is 0.278. The van der Waals surface area contributed by atoms with Gasteiger partial charge in [0.25, 0.3) is 0 Å². The Morgan fingerprint density at radius 2 is 1.74 bits per heavy atom. The SMILES string of the molecule is CN(C)S(=O)(=O)N(CC(=O)NCCc1ccc(Cl)cc1)c1ccccc1F. The summed E-state index contributed by atoms with van der Waals surface area (Å²) in [5.74, 6) is -1.26. The number of nitrogens with one attached hydrogen (secondary N) is 1. The van der Waals surface area contributed by atoms with Crippen LogP contribution in [0, 0.1) is 5.82 Å². The quantitative estimate of drug-likeness (QED) is 0.722. The van der Waals surface area contributed by atoms with Crippen LogP contribution in [-0.4, -0.2) is 45.8 Å². The predicted octanol–water partition coefficient (Wildman–Crippen LogP) is 2.45. The van der Waals surface area contributed by atoms with Crippen LogP contribution < -0.4 is 9.62 Å². The van der Waals surface area contributed by atoms with Gasteiger partial charge in [0, 0.05) is 25.7 Å². The molecule has 146 valence electrons.